The summed E-state index contributed by atoms with van der Waals surface area (Å²) in [4.78, 5) is 2.57. The first-order valence-electron chi connectivity index (χ1n) is 6.96. The number of anilines is 2. The summed E-state index contributed by atoms with van der Waals surface area (Å²) in [6.45, 7) is 0. The van der Waals surface area contributed by atoms with Crippen LogP contribution in [0.15, 0.2) is 0 Å². The largest absolute Gasteiger partial charge is 0.490 e. The van der Waals surface area contributed by atoms with Crippen molar-refractivity contribution in [2.75, 3.05) is 25.2 Å². The quantitative estimate of drug-likeness (QED) is 0.889. The molecule has 2 aliphatic rings. The highest BCUT2D eigenvalue weighted by Gasteiger charge is 2.36. The first kappa shape index (κ1) is 13.0. The van der Waals surface area contributed by atoms with Gasteiger partial charge in [-0.05, 0) is 44.3 Å². The number of rotatable bonds is 3. The SMILES string of the molecule is COc1c(N)nsc1NC1CC2CCCC(C1)N2C. The van der Waals surface area contributed by atoms with Gasteiger partial charge >= 0.3 is 0 Å². The van der Waals surface area contributed by atoms with Crippen molar-refractivity contribution < 1.29 is 4.74 Å². The summed E-state index contributed by atoms with van der Waals surface area (Å²) >= 11 is 1.40. The molecule has 0 spiro atoms. The molecule has 2 atom stereocenters. The zero-order chi connectivity index (χ0) is 13.4. The highest BCUT2D eigenvalue weighted by Crippen LogP contribution is 2.39. The van der Waals surface area contributed by atoms with Crippen LogP contribution < -0.4 is 15.8 Å². The van der Waals surface area contributed by atoms with Crippen LogP contribution in [0.4, 0.5) is 10.8 Å². The topological polar surface area (TPSA) is 63.4 Å². The monoisotopic (exact) mass is 282 g/mol. The first-order valence-corrected chi connectivity index (χ1v) is 7.74. The summed E-state index contributed by atoms with van der Waals surface area (Å²) in [7, 11) is 3.92. The van der Waals surface area contributed by atoms with E-state index in [1.54, 1.807) is 7.11 Å². The molecular formula is C13H22N4OS. The molecule has 0 aromatic carbocycles. The molecule has 2 saturated heterocycles. The molecule has 0 radical (unpaired) electrons. The Hall–Kier alpha value is -1.01. The van der Waals surface area contributed by atoms with Gasteiger partial charge < -0.3 is 20.7 Å². The Balaban J connectivity index is 1.70. The van der Waals surface area contributed by atoms with Crippen molar-refractivity contribution in [3.8, 4) is 5.75 Å². The third kappa shape index (κ3) is 2.39. The molecule has 106 valence electrons. The predicted molar refractivity (Wildman–Crippen MR) is 78.9 cm³/mol. The van der Waals surface area contributed by atoms with Gasteiger partial charge in [0.1, 0.15) is 0 Å². The zero-order valence-electron chi connectivity index (χ0n) is 11.6. The fourth-order valence-corrected chi connectivity index (χ4v) is 4.27. The minimum absolute atomic E-state index is 0.489. The van der Waals surface area contributed by atoms with Gasteiger partial charge in [-0.15, -0.1) is 0 Å². The third-order valence-electron chi connectivity index (χ3n) is 4.55. The van der Waals surface area contributed by atoms with E-state index in [1.807, 2.05) is 0 Å². The first-order chi connectivity index (χ1) is 9.19. The van der Waals surface area contributed by atoms with Crippen molar-refractivity contribution in [3.63, 3.8) is 0 Å². The maximum Gasteiger partial charge on any atom is 0.197 e. The Bertz CT molecular complexity index is 436. The fraction of sp³-hybridized carbons (Fsp3) is 0.769. The lowest BCUT2D eigenvalue weighted by molar-refractivity contribution is 0.0609. The molecule has 5 nitrogen and oxygen atoms in total. The van der Waals surface area contributed by atoms with Gasteiger partial charge in [-0.1, -0.05) is 6.42 Å². The predicted octanol–water partition coefficient (Wildman–Crippen LogP) is 2.16. The van der Waals surface area contributed by atoms with Crippen LogP contribution in [-0.2, 0) is 0 Å². The zero-order valence-corrected chi connectivity index (χ0v) is 12.4. The number of piperidine rings is 2. The lowest BCUT2D eigenvalue weighted by atomic mass is 9.82. The van der Waals surface area contributed by atoms with E-state index in [9.17, 15) is 0 Å². The Morgan fingerprint density at radius 2 is 2.05 bits per heavy atom. The van der Waals surface area contributed by atoms with Crippen LogP contribution >= 0.6 is 11.5 Å². The maximum atomic E-state index is 5.80. The molecule has 2 fully saturated rings. The summed E-state index contributed by atoms with van der Waals surface area (Å²) in [5.74, 6) is 1.19. The maximum absolute atomic E-state index is 5.80. The van der Waals surface area contributed by atoms with E-state index in [-0.39, 0.29) is 0 Å². The Labute approximate surface area is 118 Å². The molecule has 0 saturated carbocycles. The standard InChI is InChI=1S/C13H22N4OS/c1-17-9-4-3-5-10(17)7-8(6-9)15-13-11(18-2)12(14)16-19-13/h8-10,15H,3-7H2,1-2H3,(H2,14,16). The van der Waals surface area contributed by atoms with E-state index in [0.29, 0.717) is 17.6 Å². The smallest absolute Gasteiger partial charge is 0.197 e. The summed E-state index contributed by atoms with van der Waals surface area (Å²) in [5.41, 5.74) is 5.80. The second kappa shape index (κ2) is 5.17. The van der Waals surface area contributed by atoms with Gasteiger partial charge in [0, 0.05) is 18.1 Å². The molecule has 3 rings (SSSR count). The van der Waals surface area contributed by atoms with E-state index in [2.05, 4.69) is 21.6 Å². The average Bonchev–Trinajstić information content (AvgIpc) is 2.71. The van der Waals surface area contributed by atoms with Crippen molar-refractivity contribution in [1.82, 2.24) is 9.27 Å². The van der Waals surface area contributed by atoms with Crippen molar-refractivity contribution >= 4 is 22.4 Å². The number of ether oxygens (including phenoxy) is 1. The summed E-state index contributed by atoms with van der Waals surface area (Å²) in [6.07, 6.45) is 6.44. The number of nitrogens with one attached hydrogen (secondary N) is 1. The van der Waals surface area contributed by atoms with E-state index in [0.717, 1.165) is 17.1 Å². The third-order valence-corrected chi connectivity index (χ3v) is 5.33. The van der Waals surface area contributed by atoms with E-state index in [1.165, 1.54) is 43.6 Å². The normalized spacial score (nSPS) is 31.2. The summed E-state index contributed by atoms with van der Waals surface area (Å²) in [6, 6.07) is 1.96. The van der Waals surface area contributed by atoms with Gasteiger partial charge in [0.25, 0.3) is 0 Å². The van der Waals surface area contributed by atoms with Gasteiger partial charge in [-0.2, -0.15) is 4.37 Å². The van der Waals surface area contributed by atoms with Gasteiger partial charge in [-0.3, -0.25) is 0 Å². The van der Waals surface area contributed by atoms with Crippen LogP contribution in [0.25, 0.3) is 0 Å². The molecule has 3 N–H and O–H groups in total. The summed E-state index contributed by atoms with van der Waals surface area (Å²) in [5, 5.41) is 4.57. The number of methoxy groups -OCH3 is 1. The molecule has 1 aromatic rings. The average molecular weight is 282 g/mol. The highest BCUT2D eigenvalue weighted by molar-refractivity contribution is 7.11. The molecule has 3 heterocycles. The molecule has 0 aliphatic carbocycles. The summed E-state index contributed by atoms with van der Waals surface area (Å²) < 4.78 is 9.48. The van der Waals surface area contributed by atoms with Crippen LogP contribution in [0, 0.1) is 0 Å². The van der Waals surface area contributed by atoms with E-state index < -0.39 is 0 Å². The molecule has 0 amide bonds. The van der Waals surface area contributed by atoms with Crippen LogP contribution in [-0.4, -0.2) is 41.6 Å². The van der Waals surface area contributed by atoms with Crippen molar-refractivity contribution in [2.24, 2.45) is 0 Å². The number of fused-ring (bicyclic) bond motifs is 2. The Morgan fingerprint density at radius 3 is 2.68 bits per heavy atom. The lowest BCUT2D eigenvalue weighted by Gasteiger charge is -2.47. The number of hydrogen-bond donors (Lipinski definition) is 2. The molecule has 2 bridgehead atoms. The highest BCUT2D eigenvalue weighted by atomic mass is 32.1. The number of nitrogen functional groups attached to an aromatic ring is 1. The van der Waals surface area contributed by atoms with Crippen molar-refractivity contribution in [2.45, 2.75) is 50.2 Å². The number of nitrogens with two attached hydrogens (primary N) is 1. The lowest BCUT2D eigenvalue weighted by Crippen LogP contribution is -2.52. The van der Waals surface area contributed by atoms with Crippen molar-refractivity contribution in [1.29, 1.82) is 0 Å². The second-order valence-corrected chi connectivity index (χ2v) is 6.42. The van der Waals surface area contributed by atoms with Gasteiger partial charge in [0.2, 0.25) is 0 Å². The molecule has 6 heteroatoms. The van der Waals surface area contributed by atoms with Crippen LogP contribution in [0.3, 0.4) is 0 Å². The fourth-order valence-electron chi connectivity index (χ4n) is 3.50. The molecule has 1 aromatic heterocycles. The van der Waals surface area contributed by atoms with E-state index >= 15 is 0 Å². The minimum Gasteiger partial charge on any atom is -0.490 e. The number of aromatic nitrogens is 1. The van der Waals surface area contributed by atoms with Gasteiger partial charge in [0.15, 0.2) is 16.6 Å². The van der Waals surface area contributed by atoms with Crippen LogP contribution in [0.5, 0.6) is 5.75 Å². The van der Waals surface area contributed by atoms with Crippen LogP contribution in [0.2, 0.25) is 0 Å². The molecule has 2 unspecified atom stereocenters. The minimum atomic E-state index is 0.489. The molecular weight excluding hydrogens is 260 g/mol. The van der Waals surface area contributed by atoms with Crippen molar-refractivity contribution in [3.05, 3.63) is 0 Å². The number of nitrogens with zero attached hydrogens (tertiary/aromatic N) is 2. The molecule has 2 aliphatic heterocycles. The van der Waals surface area contributed by atoms with Gasteiger partial charge in [-0.25, -0.2) is 0 Å². The van der Waals surface area contributed by atoms with Crippen LogP contribution in [0.1, 0.15) is 32.1 Å². The van der Waals surface area contributed by atoms with Gasteiger partial charge in [0.05, 0.1) is 7.11 Å². The Kier molecular flexibility index (Phi) is 3.54. The molecule has 19 heavy (non-hydrogen) atoms. The van der Waals surface area contributed by atoms with E-state index in [4.69, 9.17) is 10.5 Å². The second-order valence-electron chi connectivity index (χ2n) is 5.65. The Morgan fingerprint density at radius 1 is 1.37 bits per heavy atom. The number of hydrogen-bond acceptors (Lipinski definition) is 6.